The molecule has 3 aromatic carbocycles. The number of carbonyl (C=O) groups excluding carboxylic acids is 3. The maximum atomic E-state index is 13.9. The van der Waals surface area contributed by atoms with Crippen molar-refractivity contribution < 1.29 is 14.4 Å². The lowest BCUT2D eigenvalue weighted by Crippen LogP contribution is -2.61. The number of carbonyl (C=O) groups is 3. The molecule has 3 aliphatic carbocycles. The quantitative estimate of drug-likeness (QED) is 0.411. The Morgan fingerprint density at radius 3 is 1.81 bits per heavy atom. The number of benzene rings is 3. The first kappa shape index (κ1) is 18.7. The third kappa shape index (κ3) is 1.94. The van der Waals surface area contributed by atoms with E-state index in [0.717, 1.165) is 28.5 Å². The predicted octanol–water partition coefficient (Wildman–Crippen LogP) is 4.37. The molecule has 4 nitrogen and oxygen atoms in total. The molecule has 1 heterocycles. The number of aldehydes is 1. The number of halogens is 1. The van der Waals surface area contributed by atoms with Gasteiger partial charge in [-0.05, 0) is 50.3 Å². The summed E-state index contributed by atoms with van der Waals surface area (Å²) < 4.78 is 0.669. The van der Waals surface area contributed by atoms with Gasteiger partial charge in [0.25, 0.3) is 0 Å². The number of imide groups is 1. The second-order valence-corrected chi connectivity index (χ2v) is 9.55. The number of hydrogen-bond donors (Lipinski definition) is 0. The van der Waals surface area contributed by atoms with E-state index in [9.17, 15) is 14.4 Å². The Balaban J connectivity index is 1.71. The molecule has 0 spiro atoms. The van der Waals surface area contributed by atoms with Crippen molar-refractivity contribution in [1.82, 2.24) is 0 Å². The summed E-state index contributed by atoms with van der Waals surface area (Å²) in [7, 11) is 0. The predicted molar refractivity (Wildman–Crippen MR) is 120 cm³/mol. The van der Waals surface area contributed by atoms with E-state index in [1.54, 1.807) is 12.1 Å². The minimum Gasteiger partial charge on any atom is -0.302 e. The second-order valence-electron chi connectivity index (χ2n) is 8.70. The van der Waals surface area contributed by atoms with Crippen molar-refractivity contribution in [3.05, 3.63) is 99.5 Å². The van der Waals surface area contributed by atoms with Crippen molar-refractivity contribution >= 4 is 39.7 Å². The lowest BCUT2D eigenvalue weighted by Gasteiger charge is -2.56. The molecular formula is C26H18BrNO3. The van der Waals surface area contributed by atoms with Crippen LogP contribution in [0, 0.1) is 11.8 Å². The summed E-state index contributed by atoms with van der Waals surface area (Å²) in [6.45, 7) is 2.05. The Hall–Kier alpha value is -3.05. The summed E-state index contributed by atoms with van der Waals surface area (Å²) in [5, 5.41) is 0. The molecule has 2 amide bonds. The Bertz CT molecular complexity index is 1270. The molecule has 4 aliphatic rings. The molecule has 1 aliphatic heterocycles. The minimum atomic E-state index is -1.18. The number of amides is 2. The molecule has 7 rings (SSSR count). The highest BCUT2D eigenvalue weighted by molar-refractivity contribution is 9.10. The smallest absolute Gasteiger partial charge is 0.239 e. The highest BCUT2D eigenvalue weighted by Gasteiger charge is 2.72. The molecule has 152 valence electrons. The maximum Gasteiger partial charge on any atom is 0.239 e. The van der Waals surface area contributed by atoms with E-state index in [-0.39, 0.29) is 11.8 Å². The van der Waals surface area contributed by atoms with Crippen LogP contribution in [0.5, 0.6) is 0 Å². The highest BCUT2D eigenvalue weighted by Crippen LogP contribution is 2.66. The SMILES string of the molecule is CC12c3ccccc3C(C=O)(c3ccccc31)[C@H]1C(=O)N(c3ccccc3Br)C(=O)[C@H]12. The van der Waals surface area contributed by atoms with Gasteiger partial charge in [-0.25, -0.2) is 4.90 Å². The number of nitrogens with zero attached hydrogens (tertiary/aromatic N) is 1. The van der Waals surface area contributed by atoms with Crippen molar-refractivity contribution in [2.24, 2.45) is 11.8 Å². The van der Waals surface area contributed by atoms with Gasteiger partial charge in [-0.2, -0.15) is 0 Å². The van der Waals surface area contributed by atoms with Crippen LogP contribution < -0.4 is 4.90 Å². The molecule has 31 heavy (non-hydrogen) atoms. The first-order valence-electron chi connectivity index (χ1n) is 10.3. The molecule has 2 atom stereocenters. The molecule has 1 saturated heterocycles. The summed E-state index contributed by atoms with van der Waals surface area (Å²) >= 11 is 3.49. The number of rotatable bonds is 2. The van der Waals surface area contributed by atoms with Crippen LogP contribution in [0.3, 0.4) is 0 Å². The zero-order chi connectivity index (χ0) is 21.5. The van der Waals surface area contributed by atoms with Crippen molar-refractivity contribution in [1.29, 1.82) is 0 Å². The maximum absolute atomic E-state index is 13.9. The minimum absolute atomic E-state index is 0.250. The Morgan fingerprint density at radius 1 is 0.774 bits per heavy atom. The first-order valence-corrected chi connectivity index (χ1v) is 11.1. The molecule has 0 radical (unpaired) electrons. The average Bonchev–Trinajstić information content (AvgIpc) is 3.07. The molecule has 3 aromatic rings. The van der Waals surface area contributed by atoms with Crippen molar-refractivity contribution in [3.8, 4) is 0 Å². The van der Waals surface area contributed by atoms with Gasteiger partial charge in [0.15, 0.2) is 0 Å². The fourth-order valence-corrected chi connectivity index (χ4v) is 6.80. The van der Waals surface area contributed by atoms with Crippen LogP contribution in [0.25, 0.3) is 0 Å². The van der Waals surface area contributed by atoms with Crippen LogP contribution >= 0.6 is 15.9 Å². The zero-order valence-electron chi connectivity index (χ0n) is 16.7. The van der Waals surface area contributed by atoms with E-state index in [0.29, 0.717) is 10.2 Å². The Morgan fingerprint density at radius 2 is 1.26 bits per heavy atom. The van der Waals surface area contributed by atoms with Gasteiger partial charge in [-0.3, -0.25) is 9.59 Å². The van der Waals surface area contributed by atoms with Gasteiger partial charge in [-0.15, -0.1) is 0 Å². The second kappa shape index (κ2) is 6.01. The molecule has 0 unspecified atom stereocenters. The number of anilines is 1. The van der Waals surface area contributed by atoms with E-state index in [1.807, 2.05) is 67.6 Å². The fraction of sp³-hybridized carbons (Fsp3) is 0.192. The van der Waals surface area contributed by atoms with Gasteiger partial charge in [0, 0.05) is 9.89 Å². The molecule has 1 fully saturated rings. The third-order valence-electron chi connectivity index (χ3n) is 7.56. The van der Waals surface area contributed by atoms with Crippen LogP contribution in [0.2, 0.25) is 0 Å². The van der Waals surface area contributed by atoms with E-state index < -0.39 is 22.7 Å². The monoisotopic (exact) mass is 471 g/mol. The molecule has 0 saturated carbocycles. The van der Waals surface area contributed by atoms with E-state index >= 15 is 0 Å². The van der Waals surface area contributed by atoms with Gasteiger partial charge in [0.2, 0.25) is 11.8 Å². The van der Waals surface area contributed by atoms with Crippen molar-refractivity contribution in [2.45, 2.75) is 17.8 Å². The van der Waals surface area contributed by atoms with Gasteiger partial charge >= 0.3 is 0 Å². The van der Waals surface area contributed by atoms with Crippen LogP contribution in [0.1, 0.15) is 29.2 Å². The molecule has 0 N–H and O–H groups in total. The van der Waals surface area contributed by atoms with E-state index in [4.69, 9.17) is 0 Å². The molecule has 5 heteroatoms. The molecule has 2 bridgehead atoms. The normalized spacial score (nSPS) is 30.1. The fourth-order valence-electron chi connectivity index (χ4n) is 6.33. The van der Waals surface area contributed by atoms with Gasteiger partial charge in [0.05, 0.1) is 22.9 Å². The lowest BCUT2D eigenvalue weighted by molar-refractivity contribution is -0.129. The van der Waals surface area contributed by atoms with Gasteiger partial charge in [0.1, 0.15) is 6.29 Å². The molecular weight excluding hydrogens is 454 g/mol. The Labute approximate surface area is 188 Å². The average molecular weight is 472 g/mol. The van der Waals surface area contributed by atoms with Gasteiger partial charge in [-0.1, -0.05) is 67.6 Å². The van der Waals surface area contributed by atoms with Crippen LogP contribution in [0.4, 0.5) is 5.69 Å². The summed E-state index contributed by atoms with van der Waals surface area (Å²) in [5.41, 5.74) is 2.22. The van der Waals surface area contributed by atoms with E-state index in [2.05, 4.69) is 15.9 Å². The lowest BCUT2D eigenvalue weighted by atomic mass is 9.42. The van der Waals surface area contributed by atoms with Crippen LogP contribution in [0.15, 0.2) is 77.3 Å². The Kier molecular flexibility index (Phi) is 3.63. The third-order valence-corrected chi connectivity index (χ3v) is 8.23. The van der Waals surface area contributed by atoms with Crippen molar-refractivity contribution in [3.63, 3.8) is 0 Å². The topological polar surface area (TPSA) is 54.5 Å². The summed E-state index contributed by atoms with van der Waals surface area (Å²) in [6, 6.07) is 22.8. The summed E-state index contributed by atoms with van der Waals surface area (Å²) in [6.07, 6.45) is 0.899. The first-order chi connectivity index (χ1) is 15.0. The van der Waals surface area contributed by atoms with E-state index in [1.165, 1.54) is 4.90 Å². The van der Waals surface area contributed by atoms with Gasteiger partial charge < -0.3 is 4.79 Å². The summed E-state index contributed by atoms with van der Waals surface area (Å²) in [5.74, 6) is -2.00. The zero-order valence-corrected chi connectivity index (χ0v) is 18.3. The standard InChI is InChI=1S/C26H18BrNO3/c1-25-15-8-2-4-10-17(15)26(14-29,18-11-5-3-9-16(18)25)22-21(25)23(30)28(24(22)31)20-13-7-6-12-19(20)27/h2-14,21-22H,1H3/t21-,22+,25?,26?/m0/s1. The highest BCUT2D eigenvalue weighted by atomic mass is 79.9. The van der Waals surface area contributed by atoms with Crippen LogP contribution in [-0.2, 0) is 25.2 Å². The number of hydrogen-bond acceptors (Lipinski definition) is 3. The largest absolute Gasteiger partial charge is 0.302 e. The van der Waals surface area contributed by atoms with Crippen LogP contribution in [-0.4, -0.2) is 18.1 Å². The molecule has 0 aromatic heterocycles. The van der Waals surface area contributed by atoms with Crippen molar-refractivity contribution in [2.75, 3.05) is 4.90 Å². The number of para-hydroxylation sites is 1. The summed E-state index contributed by atoms with van der Waals surface area (Å²) in [4.78, 5) is 42.2.